The number of guanidine groups is 1. The third kappa shape index (κ3) is 7.71. The van der Waals surface area contributed by atoms with E-state index >= 15 is 0 Å². The van der Waals surface area contributed by atoms with Crippen LogP contribution < -0.4 is 22.1 Å². The smallest absolute Gasteiger partial charge is 0.243 e. The molecule has 3 rings (SSSR count). The molecule has 0 fully saturated rings. The van der Waals surface area contributed by atoms with E-state index in [1.54, 1.807) is 0 Å². The van der Waals surface area contributed by atoms with Crippen LogP contribution in [-0.4, -0.2) is 30.4 Å². The molecule has 0 saturated carbocycles. The second-order valence-electron chi connectivity index (χ2n) is 8.41. The van der Waals surface area contributed by atoms with E-state index in [9.17, 15) is 9.59 Å². The first-order chi connectivity index (χ1) is 17.0. The van der Waals surface area contributed by atoms with E-state index in [-0.39, 0.29) is 23.8 Å². The average Bonchev–Trinajstić information content (AvgIpc) is 2.87. The summed E-state index contributed by atoms with van der Waals surface area (Å²) >= 11 is 0. The van der Waals surface area contributed by atoms with Gasteiger partial charge in [-0.25, -0.2) is 0 Å². The number of nitrogens with one attached hydrogen (secondary N) is 2. The lowest BCUT2D eigenvalue weighted by molar-refractivity contribution is -0.129. The zero-order chi connectivity index (χ0) is 25.0. The topological polar surface area (TPSA) is 123 Å². The number of nitrogens with two attached hydrogens (primary N) is 2. The molecule has 0 unspecified atom stereocenters. The molecule has 0 bridgehead atoms. The van der Waals surface area contributed by atoms with E-state index < -0.39 is 12.0 Å². The maximum Gasteiger partial charge on any atom is 0.243 e. The molecule has 7 nitrogen and oxygen atoms in total. The number of amides is 2. The Morgan fingerprint density at radius 2 is 1.23 bits per heavy atom. The van der Waals surface area contributed by atoms with Gasteiger partial charge in [-0.1, -0.05) is 91.0 Å². The van der Waals surface area contributed by atoms with Crippen LogP contribution in [0.5, 0.6) is 0 Å². The lowest BCUT2D eigenvalue weighted by Gasteiger charge is -2.24. The predicted molar refractivity (Wildman–Crippen MR) is 140 cm³/mol. The second kappa shape index (κ2) is 12.9. The first-order valence-corrected chi connectivity index (χ1v) is 11.8. The minimum Gasteiger partial charge on any atom is -0.370 e. The Morgan fingerprint density at radius 1 is 0.743 bits per heavy atom. The molecule has 6 N–H and O–H groups in total. The summed E-state index contributed by atoms with van der Waals surface area (Å²) in [6, 6.07) is 27.9. The number of carbonyl (C=O) groups is 2. The summed E-state index contributed by atoms with van der Waals surface area (Å²) in [6.45, 7) is 2.29. The minimum absolute atomic E-state index is 0.000885. The van der Waals surface area contributed by atoms with Gasteiger partial charge >= 0.3 is 0 Å². The Hall–Kier alpha value is -4.13. The van der Waals surface area contributed by atoms with Gasteiger partial charge in [-0.05, 0) is 36.5 Å². The van der Waals surface area contributed by atoms with Gasteiger partial charge in [0.05, 0.1) is 12.0 Å². The van der Waals surface area contributed by atoms with Crippen LogP contribution in [0.25, 0.3) is 0 Å². The van der Waals surface area contributed by atoms with Crippen molar-refractivity contribution in [3.05, 3.63) is 108 Å². The van der Waals surface area contributed by atoms with Crippen LogP contribution in [0.2, 0.25) is 0 Å². The van der Waals surface area contributed by atoms with Crippen molar-refractivity contribution in [2.24, 2.45) is 16.5 Å². The van der Waals surface area contributed by atoms with Crippen molar-refractivity contribution in [1.82, 2.24) is 10.6 Å². The Morgan fingerprint density at radius 3 is 1.71 bits per heavy atom. The molecule has 0 aliphatic heterocycles. The van der Waals surface area contributed by atoms with Crippen LogP contribution in [0.4, 0.5) is 0 Å². The fourth-order valence-electron chi connectivity index (χ4n) is 3.95. The molecule has 182 valence electrons. The van der Waals surface area contributed by atoms with E-state index in [2.05, 4.69) is 15.6 Å². The summed E-state index contributed by atoms with van der Waals surface area (Å²) in [6.07, 6.45) is 0.934. The van der Waals surface area contributed by atoms with Gasteiger partial charge in [-0.15, -0.1) is 0 Å². The normalized spacial score (nSPS) is 12.4. The number of benzene rings is 3. The zero-order valence-corrected chi connectivity index (χ0v) is 19.9. The van der Waals surface area contributed by atoms with E-state index in [0.29, 0.717) is 19.4 Å². The van der Waals surface area contributed by atoms with Crippen LogP contribution in [0.1, 0.15) is 48.4 Å². The average molecular weight is 472 g/mol. The zero-order valence-electron chi connectivity index (χ0n) is 19.9. The number of nitrogens with zero attached hydrogens (tertiary/aromatic N) is 1. The highest BCUT2D eigenvalue weighted by Crippen LogP contribution is 2.25. The van der Waals surface area contributed by atoms with Gasteiger partial charge in [0.2, 0.25) is 11.8 Å². The first kappa shape index (κ1) is 25.5. The van der Waals surface area contributed by atoms with Crippen LogP contribution >= 0.6 is 0 Å². The van der Waals surface area contributed by atoms with Gasteiger partial charge in [-0.2, -0.15) is 0 Å². The van der Waals surface area contributed by atoms with Gasteiger partial charge < -0.3 is 22.1 Å². The van der Waals surface area contributed by atoms with Crippen molar-refractivity contribution in [2.75, 3.05) is 6.54 Å². The van der Waals surface area contributed by atoms with E-state index in [1.165, 1.54) is 0 Å². The Labute approximate surface area is 206 Å². The SMILES string of the molecule is C[C@@H](NC(=O)[C@@H](CCCN=C(N)N)NC(=O)C(c1ccccc1)c1ccccc1)c1ccccc1. The molecule has 3 aromatic rings. The van der Waals surface area contributed by atoms with Crippen molar-refractivity contribution < 1.29 is 9.59 Å². The molecule has 2 atom stereocenters. The fourth-order valence-corrected chi connectivity index (χ4v) is 3.95. The first-order valence-electron chi connectivity index (χ1n) is 11.8. The van der Waals surface area contributed by atoms with E-state index in [0.717, 1.165) is 16.7 Å². The van der Waals surface area contributed by atoms with Crippen molar-refractivity contribution in [3.8, 4) is 0 Å². The van der Waals surface area contributed by atoms with Gasteiger partial charge in [-0.3, -0.25) is 14.6 Å². The van der Waals surface area contributed by atoms with Gasteiger partial charge in [0.25, 0.3) is 0 Å². The molecule has 0 spiro atoms. The van der Waals surface area contributed by atoms with Crippen LogP contribution in [0.15, 0.2) is 96.0 Å². The van der Waals surface area contributed by atoms with Crippen LogP contribution in [0, 0.1) is 0 Å². The molecule has 0 aliphatic carbocycles. The molecule has 0 aromatic heterocycles. The monoisotopic (exact) mass is 471 g/mol. The van der Waals surface area contributed by atoms with Crippen molar-refractivity contribution >= 4 is 17.8 Å². The molecule has 0 saturated heterocycles. The summed E-state index contributed by atoms with van der Waals surface area (Å²) in [4.78, 5) is 30.9. The summed E-state index contributed by atoms with van der Waals surface area (Å²) in [5.74, 6) is -1.03. The predicted octanol–water partition coefficient (Wildman–Crippen LogP) is 3.23. The Balaban J connectivity index is 1.80. The Bertz CT molecular complexity index is 1060. The molecular formula is C28H33N5O2. The standard InChI is InChI=1S/C28H33N5O2/c1-20(21-12-5-2-6-13-21)32-26(34)24(18-11-19-31-28(29)30)33-27(35)25(22-14-7-3-8-15-22)23-16-9-4-10-17-23/h2-10,12-17,20,24-25H,11,18-19H2,1H3,(H,32,34)(H,33,35)(H4,29,30,31)/t20-,24-/m1/s1. The quantitative estimate of drug-likeness (QED) is 0.195. The number of hydrogen-bond donors (Lipinski definition) is 4. The van der Waals surface area contributed by atoms with Crippen molar-refractivity contribution in [1.29, 1.82) is 0 Å². The van der Waals surface area contributed by atoms with Gasteiger partial charge in [0, 0.05) is 6.54 Å². The molecular weight excluding hydrogens is 438 g/mol. The van der Waals surface area contributed by atoms with Crippen LogP contribution in [0.3, 0.4) is 0 Å². The summed E-state index contributed by atoms with van der Waals surface area (Å²) in [7, 11) is 0. The van der Waals surface area contributed by atoms with Gasteiger partial charge in [0.15, 0.2) is 5.96 Å². The van der Waals surface area contributed by atoms with Crippen LogP contribution in [-0.2, 0) is 9.59 Å². The Kier molecular flexibility index (Phi) is 9.42. The fraction of sp³-hybridized carbons (Fsp3) is 0.250. The van der Waals surface area contributed by atoms with E-state index in [4.69, 9.17) is 11.5 Å². The maximum absolute atomic E-state index is 13.6. The maximum atomic E-state index is 13.6. The number of aliphatic imine (C=N–C) groups is 1. The molecule has 3 aromatic carbocycles. The highest BCUT2D eigenvalue weighted by atomic mass is 16.2. The minimum atomic E-state index is -0.738. The molecule has 0 heterocycles. The number of carbonyl (C=O) groups excluding carboxylic acids is 2. The van der Waals surface area contributed by atoms with Gasteiger partial charge in [0.1, 0.15) is 6.04 Å². The molecule has 35 heavy (non-hydrogen) atoms. The highest BCUT2D eigenvalue weighted by Gasteiger charge is 2.28. The summed E-state index contributed by atoms with van der Waals surface area (Å²) < 4.78 is 0. The third-order valence-corrected chi connectivity index (χ3v) is 5.76. The number of rotatable bonds is 11. The second-order valence-corrected chi connectivity index (χ2v) is 8.41. The van der Waals surface area contributed by atoms with E-state index in [1.807, 2.05) is 97.9 Å². The number of hydrogen-bond acceptors (Lipinski definition) is 3. The molecule has 0 aliphatic rings. The van der Waals surface area contributed by atoms with Crippen molar-refractivity contribution in [3.63, 3.8) is 0 Å². The molecule has 0 radical (unpaired) electrons. The summed E-state index contributed by atoms with van der Waals surface area (Å²) in [5, 5.41) is 6.03. The third-order valence-electron chi connectivity index (χ3n) is 5.76. The lowest BCUT2D eigenvalue weighted by Crippen LogP contribution is -2.48. The highest BCUT2D eigenvalue weighted by molar-refractivity contribution is 5.92. The largest absolute Gasteiger partial charge is 0.370 e. The lowest BCUT2D eigenvalue weighted by atomic mass is 9.90. The molecule has 7 heteroatoms. The summed E-state index contributed by atoms with van der Waals surface area (Å²) in [5.41, 5.74) is 13.5. The molecule has 2 amide bonds. The van der Waals surface area contributed by atoms with Crippen molar-refractivity contribution in [2.45, 2.75) is 37.8 Å².